The van der Waals surface area contributed by atoms with Gasteiger partial charge in [-0.3, -0.25) is 0 Å². The van der Waals surface area contributed by atoms with E-state index in [4.69, 9.17) is 9.47 Å². The maximum absolute atomic E-state index is 10.6. The predicted octanol–water partition coefficient (Wildman–Crippen LogP) is 0.932. The minimum Gasteiger partial charge on any atom is -0.433 e. The molecule has 1 heterocycles. The van der Waals surface area contributed by atoms with Crippen molar-refractivity contribution >= 4 is 5.97 Å². The van der Waals surface area contributed by atoms with Gasteiger partial charge in [0.05, 0.1) is 0 Å². The van der Waals surface area contributed by atoms with E-state index < -0.39 is 0 Å². The molecule has 0 saturated carbocycles. The molecule has 1 rings (SSSR count). The molecule has 58 valence electrons. The lowest BCUT2D eigenvalue weighted by atomic mass is 9.96. The van der Waals surface area contributed by atoms with Crippen LogP contribution in [0.5, 0.6) is 0 Å². The third-order valence-electron chi connectivity index (χ3n) is 1.30. The highest BCUT2D eigenvalue weighted by Crippen LogP contribution is 2.26. The number of carbonyl (C=O) groups is 1. The fraction of sp³-hybridized carbons (Fsp3) is 0.857. The fourth-order valence-electron chi connectivity index (χ4n) is 0.758. The van der Waals surface area contributed by atoms with Crippen LogP contribution in [0, 0.1) is 5.41 Å². The van der Waals surface area contributed by atoms with Gasteiger partial charge in [0.25, 0.3) is 0 Å². The van der Waals surface area contributed by atoms with Crippen LogP contribution < -0.4 is 0 Å². The van der Waals surface area contributed by atoms with Crippen LogP contribution in [0.1, 0.15) is 20.8 Å². The number of carbonyl (C=O) groups excluding carboxylic acids is 1. The van der Waals surface area contributed by atoms with Crippen molar-refractivity contribution in [2.45, 2.75) is 27.1 Å². The van der Waals surface area contributed by atoms with Crippen LogP contribution in [0.3, 0.4) is 0 Å². The second kappa shape index (κ2) is 2.23. The highest BCUT2D eigenvalue weighted by Gasteiger charge is 2.34. The van der Waals surface area contributed by atoms with Gasteiger partial charge in [-0.25, -0.2) is 4.79 Å². The number of hydrogen-bond acceptors (Lipinski definition) is 3. The van der Waals surface area contributed by atoms with Crippen LogP contribution in [0.15, 0.2) is 0 Å². The van der Waals surface area contributed by atoms with Gasteiger partial charge in [-0.15, -0.1) is 0 Å². The normalized spacial score (nSPS) is 26.7. The van der Waals surface area contributed by atoms with Gasteiger partial charge in [-0.1, -0.05) is 20.8 Å². The summed E-state index contributed by atoms with van der Waals surface area (Å²) in [6, 6.07) is 0. The van der Waals surface area contributed by atoms with E-state index in [1.807, 2.05) is 20.8 Å². The molecule has 0 bridgehead atoms. The van der Waals surface area contributed by atoms with Crippen molar-refractivity contribution in [1.29, 1.82) is 0 Å². The molecule has 1 aliphatic heterocycles. The number of ether oxygens (including phenoxy) is 2. The van der Waals surface area contributed by atoms with Crippen molar-refractivity contribution in [2.75, 3.05) is 6.61 Å². The molecule has 3 heteroatoms. The number of cyclic esters (lactones) is 1. The zero-order chi connectivity index (χ0) is 7.78. The van der Waals surface area contributed by atoms with Gasteiger partial charge >= 0.3 is 5.97 Å². The summed E-state index contributed by atoms with van der Waals surface area (Å²) in [5.41, 5.74) is -0.105. The Kier molecular flexibility index (Phi) is 1.68. The third kappa shape index (κ3) is 1.48. The Morgan fingerprint density at radius 2 is 2.10 bits per heavy atom. The van der Waals surface area contributed by atoms with E-state index in [0.29, 0.717) is 0 Å². The monoisotopic (exact) mass is 144 g/mol. The molecule has 1 fully saturated rings. The molecule has 1 atom stereocenters. The van der Waals surface area contributed by atoms with Crippen molar-refractivity contribution in [3.05, 3.63) is 0 Å². The summed E-state index contributed by atoms with van der Waals surface area (Å²) in [6.07, 6.45) is -0.361. The fourth-order valence-corrected chi connectivity index (χ4v) is 0.758. The van der Waals surface area contributed by atoms with E-state index in [2.05, 4.69) is 0 Å². The first-order valence-corrected chi connectivity index (χ1v) is 3.31. The molecule has 0 amide bonds. The van der Waals surface area contributed by atoms with E-state index in [1.54, 1.807) is 0 Å². The van der Waals surface area contributed by atoms with Crippen molar-refractivity contribution in [3.63, 3.8) is 0 Å². The van der Waals surface area contributed by atoms with Gasteiger partial charge in [0.15, 0.2) is 0 Å². The Bertz CT molecular complexity index is 145. The molecule has 0 aliphatic carbocycles. The number of esters is 1. The maximum Gasteiger partial charge on any atom is 0.334 e. The average Bonchev–Trinajstić information content (AvgIpc) is 2.11. The van der Waals surface area contributed by atoms with Crippen LogP contribution in [0.2, 0.25) is 0 Å². The van der Waals surface area contributed by atoms with Crippen LogP contribution in [-0.4, -0.2) is 18.9 Å². The molecule has 0 spiro atoms. The minimum atomic E-state index is -0.361. The topological polar surface area (TPSA) is 35.5 Å². The van der Waals surface area contributed by atoms with Crippen LogP contribution in [0.25, 0.3) is 0 Å². The minimum absolute atomic E-state index is 0.0991. The lowest BCUT2D eigenvalue weighted by Gasteiger charge is -2.23. The summed E-state index contributed by atoms with van der Waals surface area (Å²) < 4.78 is 9.92. The van der Waals surface area contributed by atoms with Crippen molar-refractivity contribution in [1.82, 2.24) is 0 Å². The average molecular weight is 144 g/mol. The summed E-state index contributed by atoms with van der Waals surface area (Å²) in [7, 11) is 0. The lowest BCUT2D eigenvalue weighted by molar-refractivity contribution is -0.154. The maximum atomic E-state index is 10.6. The molecule has 0 aromatic heterocycles. The van der Waals surface area contributed by atoms with Gasteiger partial charge in [-0.2, -0.15) is 0 Å². The number of hydrogen-bond donors (Lipinski definition) is 0. The van der Waals surface area contributed by atoms with Crippen molar-refractivity contribution in [2.24, 2.45) is 5.41 Å². The van der Waals surface area contributed by atoms with Gasteiger partial charge in [0, 0.05) is 5.41 Å². The van der Waals surface area contributed by atoms with Crippen LogP contribution in [-0.2, 0) is 14.3 Å². The first-order chi connectivity index (χ1) is 4.50. The third-order valence-corrected chi connectivity index (χ3v) is 1.30. The van der Waals surface area contributed by atoms with Crippen molar-refractivity contribution in [3.8, 4) is 0 Å². The van der Waals surface area contributed by atoms with Crippen LogP contribution in [0.4, 0.5) is 0 Å². The highest BCUT2D eigenvalue weighted by molar-refractivity contribution is 5.72. The van der Waals surface area contributed by atoms with E-state index >= 15 is 0 Å². The molecule has 1 aliphatic rings. The standard InChI is InChI=1S/C7H12O3/c1-7(2,3)6-9-4-5(8)10-6/h6H,4H2,1-3H3/t6-/m1/s1. The predicted molar refractivity (Wildman–Crippen MR) is 35.3 cm³/mol. The second-order valence-corrected chi connectivity index (χ2v) is 3.50. The summed E-state index contributed by atoms with van der Waals surface area (Å²) >= 11 is 0. The van der Waals surface area contributed by atoms with Gasteiger partial charge < -0.3 is 9.47 Å². The van der Waals surface area contributed by atoms with Gasteiger partial charge in [0.2, 0.25) is 6.29 Å². The van der Waals surface area contributed by atoms with E-state index in [1.165, 1.54) is 0 Å². The van der Waals surface area contributed by atoms with Gasteiger partial charge in [0.1, 0.15) is 6.61 Å². The second-order valence-electron chi connectivity index (χ2n) is 3.50. The van der Waals surface area contributed by atoms with E-state index in [9.17, 15) is 4.79 Å². The highest BCUT2D eigenvalue weighted by atomic mass is 16.7. The molecule has 1 saturated heterocycles. The molecular formula is C7H12O3. The molecule has 0 aromatic carbocycles. The van der Waals surface area contributed by atoms with Crippen molar-refractivity contribution < 1.29 is 14.3 Å². The zero-order valence-corrected chi connectivity index (χ0v) is 6.51. The molecular weight excluding hydrogens is 132 g/mol. The lowest BCUT2D eigenvalue weighted by Crippen LogP contribution is -2.27. The quantitative estimate of drug-likeness (QED) is 0.474. The first kappa shape index (κ1) is 7.54. The molecule has 0 N–H and O–H groups in total. The Labute approximate surface area is 60.3 Å². The largest absolute Gasteiger partial charge is 0.433 e. The summed E-state index contributed by atoms with van der Waals surface area (Å²) in [5.74, 6) is -0.264. The Hall–Kier alpha value is -0.570. The molecule has 0 aromatic rings. The molecule has 10 heavy (non-hydrogen) atoms. The Balaban J connectivity index is 2.53. The Morgan fingerprint density at radius 3 is 2.30 bits per heavy atom. The molecule has 3 nitrogen and oxygen atoms in total. The van der Waals surface area contributed by atoms with Crippen LogP contribution >= 0.6 is 0 Å². The molecule has 0 unspecified atom stereocenters. The summed E-state index contributed by atoms with van der Waals surface area (Å²) in [4.78, 5) is 10.6. The Morgan fingerprint density at radius 1 is 1.50 bits per heavy atom. The number of rotatable bonds is 0. The summed E-state index contributed by atoms with van der Waals surface area (Å²) in [6.45, 7) is 6.00. The smallest absolute Gasteiger partial charge is 0.334 e. The van der Waals surface area contributed by atoms with E-state index in [0.717, 1.165) is 0 Å². The SMILES string of the molecule is CC(C)(C)[C@@H]1OCC(=O)O1. The molecule has 0 radical (unpaired) electrons. The zero-order valence-electron chi connectivity index (χ0n) is 6.51. The first-order valence-electron chi connectivity index (χ1n) is 3.31. The summed E-state index contributed by atoms with van der Waals surface area (Å²) in [5, 5.41) is 0. The van der Waals surface area contributed by atoms with Gasteiger partial charge in [-0.05, 0) is 0 Å². The van der Waals surface area contributed by atoms with E-state index in [-0.39, 0.29) is 24.3 Å².